The molecule has 2 N–H and O–H groups in total. The highest BCUT2D eigenvalue weighted by Gasteiger charge is 2.41. The second-order valence-electron chi connectivity index (χ2n) is 4.88. The highest BCUT2D eigenvalue weighted by Crippen LogP contribution is 2.43. The number of hydrogen-bond donors (Lipinski definition) is 1. The van der Waals surface area contributed by atoms with Crippen LogP contribution in [0.25, 0.3) is 0 Å². The van der Waals surface area contributed by atoms with E-state index in [0.29, 0.717) is 12.6 Å². The summed E-state index contributed by atoms with van der Waals surface area (Å²) < 4.78 is 6.06. The van der Waals surface area contributed by atoms with Gasteiger partial charge in [-0.25, -0.2) is 0 Å². The summed E-state index contributed by atoms with van der Waals surface area (Å²) in [6.07, 6.45) is 8.02. The second kappa shape index (κ2) is 3.58. The minimum Gasteiger partial charge on any atom is -0.370 e. The van der Waals surface area contributed by atoms with Crippen LogP contribution in [0.2, 0.25) is 0 Å². The van der Waals surface area contributed by atoms with Crippen molar-refractivity contribution in [1.29, 1.82) is 0 Å². The van der Waals surface area contributed by atoms with Gasteiger partial charge in [0.25, 0.3) is 0 Å². The quantitative estimate of drug-likeness (QED) is 0.675. The SMILES string of the molecule is CC1CCC2(CC1)CC[C@H](CN)O2. The van der Waals surface area contributed by atoms with Crippen molar-refractivity contribution in [3.8, 4) is 0 Å². The Hall–Kier alpha value is -0.0800. The molecule has 2 aliphatic rings. The molecule has 1 spiro atoms. The predicted molar refractivity (Wildman–Crippen MR) is 53.5 cm³/mol. The average molecular weight is 183 g/mol. The van der Waals surface area contributed by atoms with Crippen molar-refractivity contribution in [2.75, 3.05) is 6.54 Å². The first-order valence-electron chi connectivity index (χ1n) is 5.62. The highest BCUT2D eigenvalue weighted by atomic mass is 16.5. The van der Waals surface area contributed by atoms with E-state index in [1.165, 1.54) is 38.5 Å². The van der Waals surface area contributed by atoms with E-state index < -0.39 is 0 Å². The van der Waals surface area contributed by atoms with Crippen molar-refractivity contribution in [3.05, 3.63) is 0 Å². The van der Waals surface area contributed by atoms with Crippen LogP contribution in [0, 0.1) is 5.92 Å². The van der Waals surface area contributed by atoms with Crippen LogP contribution in [-0.2, 0) is 4.74 Å². The Balaban J connectivity index is 1.92. The molecule has 1 aliphatic carbocycles. The largest absolute Gasteiger partial charge is 0.370 e. The number of ether oxygens (including phenoxy) is 1. The zero-order valence-electron chi connectivity index (χ0n) is 8.59. The Kier molecular flexibility index (Phi) is 2.61. The maximum atomic E-state index is 6.06. The maximum Gasteiger partial charge on any atom is 0.0705 e. The molecule has 0 unspecified atom stereocenters. The molecule has 1 saturated carbocycles. The van der Waals surface area contributed by atoms with Crippen molar-refractivity contribution >= 4 is 0 Å². The Morgan fingerprint density at radius 1 is 1.23 bits per heavy atom. The summed E-state index contributed by atoms with van der Waals surface area (Å²) in [4.78, 5) is 0. The fraction of sp³-hybridized carbons (Fsp3) is 1.00. The van der Waals surface area contributed by atoms with Gasteiger partial charge in [-0.2, -0.15) is 0 Å². The first kappa shape index (κ1) is 9.47. The van der Waals surface area contributed by atoms with Gasteiger partial charge < -0.3 is 10.5 Å². The van der Waals surface area contributed by atoms with E-state index >= 15 is 0 Å². The minimum absolute atomic E-state index is 0.247. The Labute approximate surface area is 80.8 Å². The Morgan fingerprint density at radius 3 is 2.38 bits per heavy atom. The van der Waals surface area contributed by atoms with Crippen LogP contribution in [-0.4, -0.2) is 18.2 Å². The topological polar surface area (TPSA) is 35.2 Å². The van der Waals surface area contributed by atoms with Gasteiger partial charge in [0, 0.05) is 6.54 Å². The molecule has 13 heavy (non-hydrogen) atoms. The van der Waals surface area contributed by atoms with Gasteiger partial charge in [0.05, 0.1) is 11.7 Å². The van der Waals surface area contributed by atoms with Gasteiger partial charge in [-0.3, -0.25) is 0 Å². The van der Waals surface area contributed by atoms with Gasteiger partial charge in [-0.05, 0) is 44.4 Å². The number of rotatable bonds is 1. The van der Waals surface area contributed by atoms with Crippen molar-refractivity contribution in [2.24, 2.45) is 11.7 Å². The van der Waals surface area contributed by atoms with E-state index in [0.717, 1.165) is 5.92 Å². The molecule has 2 heteroatoms. The summed E-state index contributed by atoms with van der Waals surface area (Å²) in [6.45, 7) is 3.06. The summed E-state index contributed by atoms with van der Waals surface area (Å²) >= 11 is 0. The second-order valence-corrected chi connectivity index (χ2v) is 4.88. The fourth-order valence-electron chi connectivity index (χ4n) is 2.72. The third-order valence-corrected chi connectivity index (χ3v) is 3.79. The van der Waals surface area contributed by atoms with Gasteiger partial charge in [-0.15, -0.1) is 0 Å². The van der Waals surface area contributed by atoms with E-state index in [1.54, 1.807) is 0 Å². The van der Waals surface area contributed by atoms with Crippen molar-refractivity contribution in [1.82, 2.24) is 0 Å². The van der Waals surface area contributed by atoms with Gasteiger partial charge in [0.1, 0.15) is 0 Å². The Bertz CT molecular complexity index is 173. The normalized spacial score (nSPS) is 45.7. The molecule has 0 radical (unpaired) electrons. The van der Waals surface area contributed by atoms with Crippen molar-refractivity contribution in [3.63, 3.8) is 0 Å². The molecule has 0 bridgehead atoms. The van der Waals surface area contributed by atoms with Crippen LogP contribution in [0.1, 0.15) is 45.4 Å². The minimum atomic E-state index is 0.247. The van der Waals surface area contributed by atoms with Crippen LogP contribution in [0.4, 0.5) is 0 Å². The van der Waals surface area contributed by atoms with Gasteiger partial charge in [-0.1, -0.05) is 6.92 Å². The zero-order valence-corrected chi connectivity index (χ0v) is 8.59. The molecule has 0 amide bonds. The molecule has 0 aromatic rings. The first-order valence-corrected chi connectivity index (χ1v) is 5.62. The third kappa shape index (κ3) is 1.89. The summed E-state index contributed by atoms with van der Waals surface area (Å²) in [5, 5.41) is 0. The Morgan fingerprint density at radius 2 is 1.85 bits per heavy atom. The summed E-state index contributed by atoms with van der Waals surface area (Å²) in [6, 6.07) is 0. The van der Waals surface area contributed by atoms with Crippen LogP contribution in [0.15, 0.2) is 0 Å². The molecule has 2 fully saturated rings. The van der Waals surface area contributed by atoms with E-state index in [-0.39, 0.29) is 5.60 Å². The number of nitrogens with two attached hydrogens (primary N) is 1. The average Bonchev–Trinajstić information content (AvgIpc) is 2.55. The van der Waals surface area contributed by atoms with Gasteiger partial charge >= 0.3 is 0 Å². The molecule has 1 aliphatic heterocycles. The smallest absolute Gasteiger partial charge is 0.0705 e. The lowest BCUT2D eigenvalue weighted by molar-refractivity contribution is -0.0667. The summed E-state index contributed by atoms with van der Waals surface area (Å²) in [5.74, 6) is 0.908. The van der Waals surface area contributed by atoms with Crippen LogP contribution in [0.5, 0.6) is 0 Å². The zero-order chi connectivity index (χ0) is 9.31. The molecule has 2 nitrogen and oxygen atoms in total. The lowest BCUT2D eigenvalue weighted by atomic mass is 9.78. The van der Waals surface area contributed by atoms with E-state index in [2.05, 4.69) is 6.92 Å². The summed E-state index contributed by atoms with van der Waals surface area (Å²) in [5.41, 5.74) is 5.87. The molecular weight excluding hydrogens is 162 g/mol. The molecule has 0 aromatic carbocycles. The summed E-state index contributed by atoms with van der Waals surface area (Å²) in [7, 11) is 0. The lowest BCUT2D eigenvalue weighted by Gasteiger charge is -2.36. The number of hydrogen-bond acceptors (Lipinski definition) is 2. The molecule has 1 heterocycles. The fourth-order valence-corrected chi connectivity index (χ4v) is 2.72. The molecule has 0 aromatic heterocycles. The van der Waals surface area contributed by atoms with Crippen LogP contribution < -0.4 is 5.73 Å². The van der Waals surface area contributed by atoms with Crippen molar-refractivity contribution < 1.29 is 4.74 Å². The van der Waals surface area contributed by atoms with E-state index in [9.17, 15) is 0 Å². The highest BCUT2D eigenvalue weighted by molar-refractivity contribution is 4.92. The monoisotopic (exact) mass is 183 g/mol. The lowest BCUT2D eigenvalue weighted by Crippen LogP contribution is -2.35. The molecule has 76 valence electrons. The third-order valence-electron chi connectivity index (χ3n) is 3.79. The van der Waals surface area contributed by atoms with Gasteiger partial charge in [0.2, 0.25) is 0 Å². The van der Waals surface area contributed by atoms with Crippen LogP contribution in [0.3, 0.4) is 0 Å². The standard InChI is InChI=1S/C11H21NO/c1-9-2-5-11(6-3-9)7-4-10(8-12)13-11/h9-10H,2-8,12H2,1H3/t9?,10-,11?/m1/s1. The van der Waals surface area contributed by atoms with Crippen LogP contribution >= 0.6 is 0 Å². The molecular formula is C11H21NO. The first-order chi connectivity index (χ1) is 6.24. The molecule has 2 rings (SSSR count). The molecule has 1 atom stereocenters. The maximum absolute atomic E-state index is 6.06. The molecule has 1 saturated heterocycles. The van der Waals surface area contributed by atoms with Crippen molar-refractivity contribution in [2.45, 2.75) is 57.2 Å². The van der Waals surface area contributed by atoms with E-state index in [4.69, 9.17) is 10.5 Å². The van der Waals surface area contributed by atoms with Gasteiger partial charge in [0.15, 0.2) is 0 Å². The van der Waals surface area contributed by atoms with E-state index in [1.807, 2.05) is 0 Å². The predicted octanol–water partition coefficient (Wildman–Crippen LogP) is 2.07.